The Morgan fingerprint density at radius 2 is 2.47 bits per heavy atom. The second-order valence-corrected chi connectivity index (χ2v) is 4.40. The Morgan fingerprint density at radius 3 is 3.00 bits per heavy atom. The van der Waals surface area contributed by atoms with Crippen molar-refractivity contribution in [3.63, 3.8) is 0 Å². The van der Waals surface area contributed by atoms with Crippen molar-refractivity contribution in [3.05, 3.63) is 28.5 Å². The summed E-state index contributed by atoms with van der Waals surface area (Å²) in [6.07, 6.45) is 2.81. The zero-order chi connectivity index (χ0) is 11.3. The van der Waals surface area contributed by atoms with Crippen molar-refractivity contribution in [2.75, 3.05) is 13.6 Å². The van der Waals surface area contributed by atoms with E-state index in [-0.39, 0.29) is 5.91 Å². The molecule has 0 aliphatic carbocycles. The fourth-order valence-electron chi connectivity index (χ4n) is 1.15. The van der Waals surface area contributed by atoms with Crippen molar-refractivity contribution < 1.29 is 9.90 Å². The number of carbonyl (C=O) groups is 1. The van der Waals surface area contributed by atoms with Gasteiger partial charge in [0.05, 0.1) is 6.10 Å². The largest absolute Gasteiger partial charge is 0.392 e. The number of likely N-dealkylation sites (N-methyl/N-ethyl adjacent to an activating group) is 1. The Labute approximate surface area is 93.7 Å². The first-order valence-corrected chi connectivity index (χ1v) is 5.62. The van der Waals surface area contributed by atoms with Crippen molar-refractivity contribution >= 4 is 23.3 Å². The molecule has 1 heterocycles. The monoisotopic (exact) mass is 225 g/mol. The lowest BCUT2D eigenvalue weighted by Gasteiger charge is -2.16. The van der Waals surface area contributed by atoms with Gasteiger partial charge in [-0.15, -0.1) is 11.3 Å². The predicted octanol–water partition coefficient (Wildman–Crippen LogP) is 1.60. The highest BCUT2D eigenvalue weighted by Gasteiger charge is 2.07. The van der Waals surface area contributed by atoms with Gasteiger partial charge in [-0.1, -0.05) is 6.07 Å². The Hall–Kier alpha value is -1.13. The van der Waals surface area contributed by atoms with E-state index in [9.17, 15) is 4.79 Å². The molecule has 0 saturated carbocycles. The molecule has 0 aromatic carbocycles. The van der Waals surface area contributed by atoms with E-state index < -0.39 is 6.10 Å². The molecule has 1 rings (SSSR count). The molecule has 0 bridgehead atoms. The van der Waals surface area contributed by atoms with Crippen LogP contribution < -0.4 is 0 Å². The summed E-state index contributed by atoms with van der Waals surface area (Å²) in [5, 5.41) is 11.1. The molecule has 1 N–H and O–H groups in total. The van der Waals surface area contributed by atoms with Crippen LogP contribution in [0.3, 0.4) is 0 Å². The molecular formula is C11H15NO2S. The van der Waals surface area contributed by atoms with Crippen molar-refractivity contribution in [3.8, 4) is 0 Å². The number of carbonyl (C=O) groups excluding carboxylic acids is 1. The van der Waals surface area contributed by atoms with Gasteiger partial charge < -0.3 is 10.0 Å². The molecule has 1 atom stereocenters. The van der Waals surface area contributed by atoms with Crippen LogP contribution in [0.2, 0.25) is 0 Å². The maximum Gasteiger partial charge on any atom is 0.246 e. The second-order valence-electron chi connectivity index (χ2n) is 3.42. The topological polar surface area (TPSA) is 40.5 Å². The summed E-state index contributed by atoms with van der Waals surface area (Å²) in [4.78, 5) is 14.1. The maximum absolute atomic E-state index is 11.5. The van der Waals surface area contributed by atoms with Crippen molar-refractivity contribution in [1.29, 1.82) is 0 Å². The zero-order valence-electron chi connectivity index (χ0n) is 8.88. The minimum Gasteiger partial charge on any atom is -0.392 e. The van der Waals surface area contributed by atoms with Crippen LogP contribution in [0, 0.1) is 0 Å². The fourth-order valence-corrected chi connectivity index (χ4v) is 1.77. The summed E-state index contributed by atoms with van der Waals surface area (Å²) in [6.45, 7) is 2.01. The SMILES string of the molecule is CC(O)CN(C)C(=O)C=Cc1cccs1. The Balaban J connectivity index is 2.48. The molecular weight excluding hydrogens is 210 g/mol. The summed E-state index contributed by atoms with van der Waals surface area (Å²) in [5.41, 5.74) is 0. The smallest absolute Gasteiger partial charge is 0.246 e. The zero-order valence-corrected chi connectivity index (χ0v) is 9.70. The van der Waals surface area contributed by atoms with Crippen LogP contribution in [-0.4, -0.2) is 35.6 Å². The van der Waals surface area contributed by atoms with Crippen LogP contribution in [0.15, 0.2) is 23.6 Å². The number of nitrogens with zero attached hydrogens (tertiary/aromatic N) is 1. The van der Waals surface area contributed by atoms with Gasteiger partial charge in [-0.05, 0) is 24.4 Å². The van der Waals surface area contributed by atoms with E-state index in [2.05, 4.69) is 0 Å². The third kappa shape index (κ3) is 4.27. The molecule has 1 aromatic rings. The Kier molecular flexibility index (Phi) is 4.52. The summed E-state index contributed by atoms with van der Waals surface area (Å²) < 4.78 is 0. The van der Waals surface area contributed by atoms with E-state index in [0.717, 1.165) is 4.88 Å². The number of hydrogen-bond donors (Lipinski definition) is 1. The predicted molar refractivity (Wildman–Crippen MR) is 62.7 cm³/mol. The average molecular weight is 225 g/mol. The molecule has 0 radical (unpaired) electrons. The summed E-state index contributed by atoms with van der Waals surface area (Å²) >= 11 is 1.58. The van der Waals surface area contributed by atoms with E-state index in [0.29, 0.717) is 6.54 Å². The van der Waals surface area contributed by atoms with Gasteiger partial charge in [-0.25, -0.2) is 0 Å². The molecule has 1 amide bonds. The Bertz CT molecular complexity index is 330. The highest BCUT2D eigenvalue weighted by atomic mass is 32.1. The van der Waals surface area contributed by atoms with Gasteiger partial charge in [0.1, 0.15) is 0 Å². The summed E-state index contributed by atoms with van der Waals surface area (Å²) in [7, 11) is 1.67. The van der Waals surface area contributed by atoms with Gasteiger partial charge in [0.15, 0.2) is 0 Å². The molecule has 0 aliphatic rings. The van der Waals surface area contributed by atoms with E-state index in [4.69, 9.17) is 5.11 Å². The molecule has 0 spiro atoms. The minimum absolute atomic E-state index is 0.0932. The summed E-state index contributed by atoms with van der Waals surface area (Å²) in [5.74, 6) is -0.0932. The number of thiophene rings is 1. The van der Waals surface area contributed by atoms with Crippen LogP contribution in [0.4, 0.5) is 0 Å². The molecule has 4 heteroatoms. The molecule has 0 aliphatic heterocycles. The lowest BCUT2D eigenvalue weighted by Crippen LogP contribution is -2.31. The molecule has 1 aromatic heterocycles. The lowest BCUT2D eigenvalue weighted by atomic mass is 10.3. The summed E-state index contributed by atoms with van der Waals surface area (Å²) in [6, 6.07) is 3.89. The third-order valence-electron chi connectivity index (χ3n) is 1.85. The third-order valence-corrected chi connectivity index (χ3v) is 2.69. The van der Waals surface area contributed by atoms with Gasteiger partial charge >= 0.3 is 0 Å². The molecule has 15 heavy (non-hydrogen) atoms. The van der Waals surface area contributed by atoms with E-state index >= 15 is 0 Å². The highest BCUT2D eigenvalue weighted by molar-refractivity contribution is 7.10. The van der Waals surface area contributed by atoms with E-state index in [1.807, 2.05) is 17.5 Å². The van der Waals surface area contributed by atoms with Crippen molar-refractivity contribution in [2.45, 2.75) is 13.0 Å². The van der Waals surface area contributed by atoms with Gasteiger partial charge in [-0.2, -0.15) is 0 Å². The number of amides is 1. The first kappa shape index (κ1) is 11.9. The van der Waals surface area contributed by atoms with E-state index in [1.54, 1.807) is 31.4 Å². The Morgan fingerprint density at radius 1 is 1.73 bits per heavy atom. The second kappa shape index (κ2) is 5.68. The average Bonchev–Trinajstić information content (AvgIpc) is 2.65. The number of aliphatic hydroxyl groups excluding tert-OH is 1. The lowest BCUT2D eigenvalue weighted by molar-refractivity contribution is -0.125. The van der Waals surface area contributed by atoms with Crippen LogP contribution in [0.5, 0.6) is 0 Å². The standard InChI is InChI=1S/C11H15NO2S/c1-9(13)8-12(2)11(14)6-5-10-4-3-7-15-10/h3-7,9,13H,8H2,1-2H3. The molecule has 0 saturated heterocycles. The van der Waals surface area contributed by atoms with Crippen LogP contribution in [0.25, 0.3) is 6.08 Å². The number of rotatable bonds is 4. The molecule has 1 unspecified atom stereocenters. The molecule has 0 fully saturated rings. The fraction of sp³-hybridized carbons (Fsp3) is 0.364. The van der Waals surface area contributed by atoms with Crippen molar-refractivity contribution in [1.82, 2.24) is 4.90 Å². The highest BCUT2D eigenvalue weighted by Crippen LogP contribution is 2.10. The van der Waals surface area contributed by atoms with Crippen LogP contribution >= 0.6 is 11.3 Å². The minimum atomic E-state index is -0.492. The normalized spacial score (nSPS) is 13.0. The van der Waals surface area contributed by atoms with Gasteiger partial charge in [0.2, 0.25) is 5.91 Å². The van der Waals surface area contributed by atoms with Crippen LogP contribution in [-0.2, 0) is 4.79 Å². The van der Waals surface area contributed by atoms with Crippen molar-refractivity contribution in [2.24, 2.45) is 0 Å². The quantitative estimate of drug-likeness (QED) is 0.791. The first-order valence-electron chi connectivity index (χ1n) is 4.74. The van der Waals surface area contributed by atoms with Gasteiger partial charge in [0, 0.05) is 24.5 Å². The number of hydrogen-bond acceptors (Lipinski definition) is 3. The maximum atomic E-state index is 11.5. The van der Waals surface area contributed by atoms with E-state index in [1.165, 1.54) is 11.0 Å². The molecule has 82 valence electrons. The van der Waals surface area contributed by atoms with Gasteiger partial charge in [0.25, 0.3) is 0 Å². The molecule has 3 nitrogen and oxygen atoms in total. The van der Waals surface area contributed by atoms with Crippen LogP contribution in [0.1, 0.15) is 11.8 Å². The first-order chi connectivity index (χ1) is 7.09. The van der Waals surface area contributed by atoms with Gasteiger partial charge in [-0.3, -0.25) is 4.79 Å². The number of aliphatic hydroxyl groups is 1.